The van der Waals surface area contributed by atoms with Gasteiger partial charge in [0.25, 0.3) is 5.56 Å². The van der Waals surface area contributed by atoms with Gasteiger partial charge in [-0.1, -0.05) is 12.1 Å². The molecule has 4 rings (SSSR count). The number of carbonyl (C=O) groups is 2. The SMILES string of the molecule is CCOC(=O)C1CCN(C(=O)C2CCCN(c3nc4ccccc4n(CC)c3=O)C2)CC1. The molecule has 0 saturated carbocycles. The van der Waals surface area contributed by atoms with Crippen molar-refractivity contribution in [1.82, 2.24) is 14.5 Å². The molecule has 1 aromatic carbocycles. The lowest BCUT2D eigenvalue weighted by Gasteiger charge is -2.37. The lowest BCUT2D eigenvalue weighted by atomic mass is 9.93. The van der Waals surface area contributed by atoms with E-state index in [1.165, 1.54) is 0 Å². The van der Waals surface area contributed by atoms with Crippen LogP contribution in [0.25, 0.3) is 11.0 Å². The van der Waals surface area contributed by atoms with E-state index in [9.17, 15) is 14.4 Å². The van der Waals surface area contributed by atoms with Crippen molar-refractivity contribution in [3.05, 3.63) is 34.6 Å². The smallest absolute Gasteiger partial charge is 0.309 e. The Hall–Kier alpha value is -2.90. The number of ether oxygens (including phenoxy) is 1. The van der Waals surface area contributed by atoms with Crippen LogP contribution >= 0.6 is 0 Å². The predicted molar refractivity (Wildman–Crippen MR) is 123 cm³/mol. The van der Waals surface area contributed by atoms with E-state index >= 15 is 0 Å². The molecule has 2 aromatic rings. The van der Waals surface area contributed by atoms with Crippen LogP contribution < -0.4 is 10.5 Å². The quantitative estimate of drug-likeness (QED) is 0.664. The molecule has 1 atom stereocenters. The Morgan fingerprint density at radius 3 is 2.53 bits per heavy atom. The molecule has 2 aliphatic heterocycles. The predicted octanol–water partition coefficient (Wildman–Crippen LogP) is 2.43. The number of piperidine rings is 2. The molecule has 0 radical (unpaired) electrons. The second kappa shape index (κ2) is 9.71. The number of hydrogen-bond donors (Lipinski definition) is 0. The summed E-state index contributed by atoms with van der Waals surface area (Å²) in [4.78, 5) is 46.9. The summed E-state index contributed by atoms with van der Waals surface area (Å²) in [5.41, 5.74) is 1.52. The van der Waals surface area contributed by atoms with Gasteiger partial charge in [0.15, 0.2) is 5.82 Å². The maximum atomic E-state index is 13.2. The number of likely N-dealkylation sites (tertiary alicyclic amines) is 1. The minimum absolute atomic E-state index is 0.102. The van der Waals surface area contributed by atoms with Crippen molar-refractivity contribution in [2.24, 2.45) is 11.8 Å². The van der Waals surface area contributed by atoms with Crippen LogP contribution in [0.2, 0.25) is 0 Å². The largest absolute Gasteiger partial charge is 0.466 e. The van der Waals surface area contributed by atoms with Crippen molar-refractivity contribution in [3.63, 3.8) is 0 Å². The highest BCUT2D eigenvalue weighted by atomic mass is 16.5. The topological polar surface area (TPSA) is 84.7 Å². The van der Waals surface area contributed by atoms with E-state index in [-0.39, 0.29) is 29.3 Å². The fourth-order valence-electron chi connectivity index (χ4n) is 4.92. The molecular formula is C24H32N4O4. The number of anilines is 1. The minimum atomic E-state index is -0.161. The number of para-hydroxylation sites is 2. The zero-order valence-electron chi connectivity index (χ0n) is 19.0. The summed E-state index contributed by atoms with van der Waals surface area (Å²) in [6.45, 7) is 7.11. The van der Waals surface area contributed by atoms with Gasteiger partial charge in [0.1, 0.15) is 0 Å². The summed E-state index contributed by atoms with van der Waals surface area (Å²) in [5.74, 6) is 0.123. The molecule has 32 heavy (non-hydrogen) atoms. The van der Waals surface area contributed by atoms with Crippen LogP contribution in [0.3, 0.4) is 0 Å². The summed E-state index contributed by atoms with van der Waals surface area (Å²) < 4.78 is 6.88. The van der Waals surface area contributed by atoms with Crippen molar-refractivity contribution in [1.29, 1.82) is 0 Å². The van der Waals surface area contributed by atoms with Crippen LogP contribution in [0.5, 0.6) is 0 Å². The number of aryl methyl sites for hydroxylation is 1. The van der Waals surface area contributed by atoms with E-state index in [2.05, 4.69) is 4.98 Å². The van der Waals surface area contributed by atoms with E-state index < -0.39 is 0 Å². The van der Waals surface area contributed by atoms with Crippen molar-refractivity contribution in [2.45, 2.75) is 46.1 Å². The van der Waals surface area contributed by atoms with Crippen molar-refractivity contribution in [2.75, 3.05) is 37.7 Å². The molecule has 0 spiro atoms. The van der Waals surface area contributed by atoms with Gasteiger partial charge in [-0.15, -0.1) is 0 Å². The normalized spacial score (nSPS) is 19.9. The Balaban J connectivity index is 1.47. The van der Waals surface area contributed by atoms with E-state index in [0.29, 0.717) is 51.4 Å². The van der Waals surface area contributed by atoms with Crippen molar-refractivity contribution < 1.29 is 14.3 Å². The molecule has 1 aromatic heterocycles. The van der Waals surface area contributed by atoms with E-state index in [1.54, 1.807) is 4.57 Å². The third-order valence-electron chi connectivity index (χ3n) is 6.65. The molecule has 3 heterocycles. The van der Waals surface area contributed by atoms with Crippen molar-refractivity contribution in [3.8, 4) is 0 Å². The maximum Gasteiger partial charge on any atom is 0.309 e. The highest BCUT2D eigenvalue weighted by molar-refractivity contribution is 5.81. The van der Waals surface area contributed by atoms with E-state index in [0.717, 1.165) is 30.4 Å². The van der Waals surface area contributed by atoms with E-state index in [1.807, 2.05) is 47.9 Å². The number of benzene rings is 1. The Kier molecular flexibility index (Phi) is 6.77. The molecule has 0 aliphatic carbocycles. The Morgan fingerprint density at radius 1 is 1.06 bits per heavy atom. The summed E-state index contributed by atoms with van der Waals surface area (Å²) >= 11 is 0. The Labute approximate surface area is 188 Å². The average molecular weight is 441 g/mol. The van der Waals surface area contributed by atoms with Crippen molar-refractivity contribution >= 4 is 28.7 Å². The van der Waals surface area contributed by atoms with Crippen LogP contribution in [0, 0.1) is 11.8 Å². The molecule has 2 aliphatic rings. The standard InChI is InChI=1S/C24H32N4O4/c1-3-28-20-10-6-5-9-19(20)25-21(23(28)30)27-13-7-8-18(16-27)22(29)26-14-11-17(12-15-26)24(31)32-4-2/h5-6,9-10,17-18H,3-4,7-8,11-16H2,1-2H3. The lowest BCUT2D eigenvalue weighted by Crippen LogP contribution is -2.49. The fraction of sp³-hybridized carbons (Fsp3) is 0.583. The summed E-state index contributed by atoms with van der Waals surface area (Å²) in [6.07, 6.45) is 2.95. The monoisotopic (exact) mass is 440 g/mol. The summed E-state index contributed by atoms with van der Waals surface area (Å²) in [5, 5.41) is 0. The van der Waals surface area contributed by atoms with Crippen LogP contribution in [0.1, 0.15) is 39.5 Å². The third-order valence-corrected chi connectivity index (χ3v) is 6.65. The molecule has 2 saturated heterocycles. The van der Waals surface area contributed by atoms with Gasteiger partial charge in [-0.2, -0.15) is 0 Å². The van der Waals surface area contributed by atoms with Gasteiger partial charge in [-0.05, 0) is 51.7 Å². The molecular weight excluding hydrogens is 408 g/mol. The van der Waals surface area contributed by atoms with Gasteiger partial charge in [0.05, 0.1) is 29.5 Å². The number of rotatable bonds is 5. The minimum Gasteiger partial charge on any atom is -0.466 e. The van der Waals surface area contributed by atoms with Crippen LogP contribution in [0.4, 0.5) is 5.82 Å². The summed E-state index contributed by atoms with van der Waals surface area (Å²) in [7, 11) is 0. The Bertz CT molecular complexity index is 1040. The van der Waals surface area contributed by atoms with Gasteiger partial charge in [0.2, 0.25) is 5.91 Å². The lowest BCUT2D eigenvalue weighted by molar-refractivity contribution is -0.151. The van der Waals surface area contributed by atoms with Gasteiger partial charge < -0.3 is 19.1 Å². The zero-order valence-corrected chi connectivity index (χ0v) is 19.0. The van der Waals surface area contributed by atoms with Crippen LogP contribution in [-0.4, -0.2) is 59.1 Å². The molecule has 0 N–H and O–H groups in total. The van der Waals surface area contributed by atoms with Gasteiger partial charge in [0, 0.05) is 32.7 Å². The number of amides is 1. The maximum absolute atomic E-state index is 13.2. The number of nitrogens with zero attached hydrogens (tertiary/aromatic N) is 4. The van der Waals surface area contributed by atoms with Crippen LogP contribution in [-0.2, 0) is 20.9 Å². The first-order valence-corrected chi connectivity index (χ1v) is 11.7. The number of aromatic nitrogens is 2. The second-order valence-corrected chi connectivity index (χ2v) is 8.61. The van der Waals surface area contributed by atoms with Gasteiger partial charge in [-0.3, -0.25) is 14.4 Å². The molecule has 8 heteroatoms. The average Bonchev–Trinajstić information content (AvgIpc) is 2.83. The molecule has 0 bridgehead atoms. The molecule has 2 fully saturated rings. The van der Waals surface area contributed by atoms with Gasteiger partial charge in [-0.25, -0.2) is 4.98 Å². The number of carbonyl (C=O) groups excluding carboxylic acids is 2. The number of esters is 1. The van der Waals surface area contributed by atoms with Crippen LogP contribution in [0.15, 0.2) is 29.1 Å². The summed E-state index contributed by atoms with van der Waals surface area (Å²) in [6, 6.07) is 7.67. The first kappa shape index (κ1) is 22.3. The molecule has 8 nitrogen and oxygen atoms in total. The van der Waals surface area contributed by atoms with Gasteiger partial charge >= 0.3 is 5.97 Å². The second-order valence-electron chi connectivity index (χ2n) is 8.61. The van der Waals surface area contributed by atoms with E-state index in [4.69, 9.17) is 4.74 Å². The first-order chi connectivity index (χ1) is 15.5. The number of fused-ring (bicyclic) bond motifs is 1. The molecule has 1 unspecified atom stereocenters. The first-order valence-electron chi connectivity index (χ1n) is 11.7. The number of hydrogen-bond acceptors (Lipinski definition) is 6. The highest BCUT2D eigenvalue weighted by Gasteiger charge is 2.34. The fourth-order valence-corrected chi connectivity index (χ4v) is 4.92. The highest BCUT2D eigenvalue weighted by Crippen LogP contribution is 2.26. The Morgan fingerprint density at radius 2 is 1.81 bits per heavy atom. The molecule has 172 valence electrons. The third kappa shape index (κ3) is 4.36. The molecule has 1 amide bonds. The zero-order chi connectivity index (χ0) is 22.7.